The molecule has 1 aromatic heterocycles. The molecule has 2 rings (SSSR count). The van der Waals surface area contributed by atoms with Crippen molar-refractivity contribution in [1.29, 1.82) is 0 Å². The van der Waals surface area contributed by atoms with Crippen molar-refractivity contribution in [3.63, 3.8) is 0 Å². The lowest BCUT2D eigenvalue weighted by Gasteiger charge is -2.07. The van der Waals surface area contributed by atoms with Gasteiger partial charge in [-0.2, -0.15) is 5.10 Å². The molecular formula is C13H17N3O. The average Bonchev–Trinajstić information content (AvgIpc) is 2.78. The second-order valence-electron chi connectivity index (χ2n) is 3.98. The normalized spacial score (nSPS) is 10.5. The highest BCUT2D eigenvalue weighted by molar-refractivity contribution is 5.70. The molecule has 0 saturated heterocycles. The average molecular weight is 231 g/mol. The van der Waals surface area contributed by atoms with Crippen molar-refractivity contribution in [1.82, 2.24) is 9.78 Å². The summed E-state index contributed by atoms with van der Waals surface area (Å²) in [5.41, 5.74) is 8.82. The van der Waals surface area contributed by atoms with Crippen LogP contribution in [0.25, 0.3) is 11.1 Å². The molecule has 0 atom stereocenters. The SMILES string of the molecule is COc1ccc(C)cc1-c1cnn(CCN)c1. The maximum absolute atomic E-state index is 5.50. The van der Waals surface area contributed by atoms with Crippen molar-refractivity contribution in [2.45, 2.75) is 13.5 Å². The van der Waals surface area contributed by atoms with Gasteiger partial charge in [-0.1, -0.05) is 11.6 Å². The molecule has 4 nitrogen and oxygen atoms in total. The van der Waals surface area contributed by atoms with E-state index in [1.807, 2.05) is 29.2 Å². The van der Waals surface area contributed by atoms with E-state index in [2.05, 4.69) is 18.1 Å². The second-order valence-corrected chi connectivity index (χ2v) is 3.98. The molecule has 0 saturated carbocycles. The molecule has 0 fully saturated rings. The summed E-state index contributed by atoms with van der Waals surface area (Å²) in [7, 11) is 1.68. The Labute approximate surface area is 101 Å². The third-order valence-electron chi connectivity index (χ3n) is 2.66. The molecule has 0 aliphatic heterocycles. The molecule has 90 valence electrons. The third-order valence-corrected chi connectivity index (χ3v) is 2.66. The van der Waals surface area contributed by atoms with Gasteiger partial charge in [-0.25, -0.2) is 0 Å². The molecule has 17 heavy (non-hydrogen) atoms. The number of nitrogens with zero attached hydrogens (tertiary/aromatic N) is 2. The van der Waals surface area contributed by atoms with E-state index in [4.69, 9.17) is 10.5 Å². The highest BCUT2D eigenvalue weighted by Gasteiger charge is 2.08. The molecule has 0 radical (unpaired) electrons. The predicted octanol–water partition coefficient (Wildman–Crippen LogP) is 1.83. The fourth-order valence-corrected chi connectivity index (χ4v) is 1.80. The van der Waals surface area contributed by atoms with Crippen LogP contribution in [-0.2, 0) is 6.54 Å². The Hall–Kier alpha value is -1.81. The number of aryl methyl sites for hydroxylation is 1. The lowest BCUT2D eigenvalue weighted by molar-refractivity contribution is 0.416. The summed E-state index contributed by atoms with van der Waals surface area (Å²) in [4.78, 5) is 0. The first-order chi connectivity index (χ1) is 8.24. The Morgan fingerprint density at radius 3 is 2.94 bits per heavy atom. The van der Waals surface area contributed by atoms with Crippen molar-refractivity contribution in [3.8, 4) is 16.9 Å². The topological polar surface area (TPSA) is 53.1 Å². The Kier molecular flexibility index (Phi) is 3.44. The van der Waals surface area contributed by atoms with Gasteiger partial charge in [0.15, 0.2) is 0 Å². The van der Waals surface area contributed by atoms with Crippen molar-refractivity contribution in [2.75, 3.05) is 13.7 Å². The smallest absolute Gasteiger partial charge is 0.126 e. The van der Waals surface area contributed by atoms with Crippen LogP contribution in [0, 0.1) is 6.92 Å². The molecule has 2 aromatic rings. The molecule has 2 N–H and O–H groups in total. The molecule has 0 spiro atoms. The van der Waals surface area contributed by atoms with Gasteiger partial charge in [0.05, 0.1) is 19.9 Å². The van der Waals surface area contributed by atoms with E-state index in [9.17, 15) is 0 Å². The predicted molar refractivity (Wildman–Crippen MR) is 68.0 cm³/mol. The maximum Gasteiger partial charge on any atom is 0.126 e. The molecule has 0 bridgehead atoms. The number of hydrogen-bond acceptors (Lipinski definition) is 3. The molecule has 0 amide bonds. The number of nitrogens with two attached hydrogens (primary N) is 1. The van der Waals surface area contributed by atoms with Crippen LogP contribution >= 0.6 is 0 Å². The molecule has 4 heteroatoms. The summed E-state index contributed by atoms with van der Waals surface area (Å²) in [5.74, 6) is 0.864. The fourth-order valence-electron chi connectivity index (χ4n) is 1.80. The Balaban J connectivity index is 2.40. The summed E-state index contributed by atoms with van der Waals surface area (Å²) in [6, 6.07) is 6.11. The van der Waals surface area contributed by atoms with E-state index in [-0.39, 0.29) is 0 Å². The Morgan fingerprint density at radius 2 is 2.24 bits per heavy atom. The van der Waals surface area contributed by atoms with Crippen molar-refractivity contribution in [3.05, 3.63) is 36.2 Å². The fraction of sp³-hybridized carbons (Fsp3) is 0.308. The number of benzene rings is 1. The zero-order chi connectivity index (χ0) is 12.3. The van der Waals surface area contributed by atoms with E-state index in [1.54, 1.807) is 7.11 Å². The van der Waals surface area contributed by atoms with Crippen molar-refractivity contribution >= 4 is 0 Å². The van der Waals surface area contributed by atoms with E-state index >= 15 is 0 Å². The maximum atomic E-state index is 5.50. The van der Waals surface area contributed by atoms with Crippen molar-refractivity contribution in [2.24, 2.45) is 5.73 Å². The van der Waals surface area contributed by atoms with Crippen LogP contribution in [0.4, 0.5) is 0 Å². The lowest BCUT2D eigenvalue weighted by atomic mass is 10.1. The van der Waals surface area contributed by atoms with Crippen LogP contribution in [0.2, 0.25) is 0 Å². The summed E-state index contributed by atoms with van der Waals surface area (Å²) in [6.07, 6.45) is 3.83. The van der Waals surface area contributed by atoms with Gasteiger partial charge in [-0.15, -0.1) is 0 Å². The van der Waals surface area contributed by atoms with Gasteiger partial charge in [0.2, 0.25) is 0 Å². The number of rotatable bonds is 4. The quantitative estimate of drug-likeness (QED) is 0.873. The lowest BCUT2D eigenvalue weighted by Crippen LogP contribution is -2.09. The van der Waals surface area contributed by atoms with Crippen LogP contribution < -0.4 is 10.5 Å². The van der Waals surface area contributed by atoms with Crippen LogP contribution in [0.5, 0.6) is 5.75 Å². The van der Waals surface area contributed by atoms with Gasteiger partial charge < -0.3 is 10.5 Å². The zero-order valence-corrected chi connectivity index (χ0v) is 10.2. The van der Waals surface area contributed by atoms with Crippen molar-refractivity contribution < 1.29 is 4.74 Å². The first-order valence-electron chi connectivity index (χ1n) is 5.62. The van der Waals surface area contributed by atoms with Gasteiger partial charge in [0.1, 0.15) is 5.75 Å². The minimum Gasteiger partial charge on any atom is -0.496 e. The highest BCUT2D eigenvalue weighted by Crippen LogP contribution is 2.30. The molecule has 0 unspecified atom stereocenters. The summed E-state index contributed by atoms with van der Waals surface area (Å²) >= 11 is 0. The molecule has 1 aromatic carbocycles. The monoisotopic (exact) mass is 231 g/mol. The van der Waals surface area contributed by atoms with Gasteiger partial charge >= 0.3 is 0 Å². The largest absolute Gasteiger partial charge is 0.496 e. The van der Waals surface area contributed by atoms with E-state index in [1.165, 1.54) is 5.56 Å². The summed E-state index contributed by atoms with van der Waals surface area (Å²) in [5, 5.41) is 4.27. The molecule has 0 aliphatic rings. The first kappa shape index (κ1) is 11.7. The summed E-state index contributed by atoms with van der Waals surface area (Å²) < 4.78 is 7.21. The van der Waals surface area contributed by atoms with Crippen LogP contribution in [0.1, 0.15) is 5.56 Å². The highest BCUT2D eigenvalue weighted by atomic mass is 16.5. The van der Waals surface area contributed by atoms with Gasteiger partial charge in [-0.3, -0.25) is 4.68 Å². The number of methoxy groups -OCH3 is 1. The number of aromatic nitrogens is 2. The van der Waals surface area contributed by atoms with Crippen LogP contribution in [0.15, 0.2) is 30.6 Å². The number of hydrogen-bond donors (Lipinski definition) is 1. The standard InChI is InChI=1S/C13H17N3O/c1-10-3-4-13(17-2)12(7-10)11-8-15-16(9-11)6-5-14/h3-4,7-9H,5-6,14H2,1-2H3. The zero-order valence-electron chi connectivity index (χ0n) is 10.2. The van der Waals surface area contributed by atoms with Gasteiger partial charge in [0.25, 0.3) is 0 Å². The van der Waals surface area contributed by atoms with E-state index in [0.29, 0.717) is 6.54 Å². The third kappa shape index (κ3) is 2.47. The molecule has 1 heterocycles. The Bertz CT molecular complexity index is 505. The van der Waals surface area contributed by atoms with Crippen LogP contribution in [-0.4, -0.2) is 23.4 Å². The molecular weight excluding hydrogens is 214 g/mol. The van der Waals surface area contributed by atoms with Gasteiger partial charge in [0, 0.05) is 23.9 Å². The Morgan fingerprint density at radius 1 is 1.41 bits per heavy atom. The minimum atomic E-state index is 0.589. The van der Waals surface area contributed by atoms with E-state index in [0.717, 1.165) is 23.4 Å². The molecule has 0 aliphatic carbocycles. The number of ether oxygens (including phenoxy) is 1. The van der Waals surface area contributed by atoms with Crippen LogP contribution in [0.3, 0.4) is 0 Å². The first-order valence-corrected chi connectivity index (χ1v) is 5.62. The van der Waals surface area contributed by atoms with E-state index < -0.39 is 0 Å². The summed E-state index contributed by atoms with van der Waals surface area (Å²) in [6.45, 7) is 3.38. The van der Waals surface area contributed by atoms with Gasteiger partial charge in [-0.05, 0) is 19.1 Å². The second kappa shape index (κ2) is 5.01. The minimum absolute atomic E-state index is 0.589.